The van der Waals surface area contributed by atoms with E-state index in [-0.39, 0.29) is 16.5 Å². The summed E-state index contributed by atoms with van der Waals surface area (Å²) < 4.78 is 177. The molecule has 43 heavy (non-hydrogen) atoms. The second-order valence-electron chi connectivity index (χ2n) is 9.81. The molecule has 0 spiro atoms. The van der Waals surface area contributed by atoms with Crippen LogP contribution in [-0.2, 0) is 0 Å². The summed E-state index contributed by atoms with van der Waals surface area (Å²) in [6, 6.07) is -3.30. The lowest BCUT2D eigenvalue weighted by molar-refractivity contribution is 0.669. The molecule has 1 heteroatoms. The quantitative estimate of drug-likeness (QED) is 0.194. The summed E-state index contributed by atoms with van der Waals surface area (Å²) in [4.78, 5) is 0. The second-order valence-corrected chi connectivity index (χ2v) is 9.81. The molecule has 0 bridgehead atoms. The van der Waals surface area contributed by atoms with Gasteiger partial charge in [-0.2, -0.15) is 0 Å². The van der Waals surface area contributed by atoms with Crippen LogP contribution in [0.25, 0.3) is 87.6 Å². The first kappa shape index (κ1) is 11.9. The number of hydrogen-bond donors (Lipinski definition) is 0. The van der Waals surface area contributed by atoms with Crippen LogP contribution < -0.4 is 0 Å². The van der Waals surface area contributed by atoms with E-state index in [2.05, 4.69) is 0 Å². The van der Waals surface area contributed by atoms with Crippen molar-refractivity contribution in [1.29, 1.82) is 0 Å². The monoisotopic (exact) mass is 565 g/mol. The van der Waals surface area contributed by atoms with E-state index in [1.54, 1.807) is 36.4 Å². The number of benzene rings is 8. The molecule has 0 N–H and O–H groups in total. The lowest BCUT2D eigenvalue weighted by atomic mass is 9.84. The van der Waals surface area contributed by atoms with Gasteiger partial charge in [-0.05, 0) is 83.9 Å². The summed E-state index contributed by atoms with van der Waals surface area (Å²) in [5, 5.41) is -1.66. The molecule has 0 saturated heterocycles. The van der Waals surface area contributed by atoms with Gasteiger partial charge in [-0.25, -0.2) is 0 Å². The number of para-hydroxylation sites is 1. The number of fused-ring (bicyclic) bond motifs is 6. The molecular formula is C42H26O. The third-order valence-electron chi connectivity index (χ3n) is 7.54. The van der Waals surface area contributed by atoms with Crippen LogP contribution in [0.3, 0.4) is 0 Å². The first-order chi connectivity index (χ1) is 29.2. The van der Waals surface area contributed by atoms with Gasteiger partial charge in [0.15, 0.2) is 0 Å². The fourth-order valence-corrected chi connectivity index (χ4v) is 5.72. The lowest BCUT2D eigenvalue weighted by Crippen LogP contribution is -1.92. The standard InChI is InChI=1S/C42H26O/c1-2-12-27(13-3-1)41-33-17-6-8-19-35(33)42(36-20-9-7-18-34(36)41)37-24-23-29(30-14-4-5-15-31(30)37)28-22-25-40-38(26-28)32-16-10-11-21-39(32)43-40/h1-26H/i1D,2D,3D,4D,5D,6D,7D,8D,9D,12D,13D,14D,15D,17D,18D,19D,20D,23D,24D. The molecule has 9 aromatic rings. The highest BCUT2D eigenvalue weighted by molar-refractivity contribution is 6.24. The van der Waals surface area contributed by atoms with Crippen molar-refractivity contribution in [2.45, 2.75) is 0 Å². The highest BCUT2D eigenvalue weighted by Gasteiger charge is 2.19. The zero-order valence-corrected chi connectivity index (χ0v) is 21.9. The zero-order chi connectivity index (χ0) is 44.9. The molecule has 200 valence electrons. The predicted octanol–water partition coefficient (Wildman–Crippen LogP) is 12.0. The van der Waals surface area contributed by atoms with Gasteiger partial charge in [0.1, 0.15) is 11.2 Å². The van der Waals surface area contributed by atoms with Crippen LogP contribution in [0.5, 0.6) is 0 Å². The maximum absolute atomic E-state index is 9.74. The highest BCUT2D eigenvalue weighted by atomic mass is 16.3. The molecule has 1 heterocycles. The minimum absolute atomic E-state index is 0.110. The Kier molecular flexibility index (Phi) is 2.61. The first-order valence-corrected chi connectivity index (χ1v) is 13.2. The van der Waals surface area contributed by atoms with Crippen molar-refractivity contribution < 1.29 is 30.5 Å². The summed E-state index contributed by atoms with van der Waals surface area (Å²) >= 11 is 0. The molecule has 0 unspecified atom stereocenters. The molecule has 1 aromatic heterocycles. The van der Waals surface area contributed by atoms with Gasteiger partial charge >= 0.3 is 0 Å². The minimum atomic E-state index is -0.864. The normalized spacial score (nSPS) is 17.9. The summed E-state index contributed by atoms with van der Waals surface area (Å²) in [6.45, 7) is 0. The van der Waals surface area contributed by atoms with E-state index in [9.17, 15) is 11.0 Å². The Morgan fingerprint density at radius 2 is 0.907 bits per heavy atom. The van der Waals surface area contributed by atoms with E-state index in [0.29, 0.717) is 21.9 Å². The maximum atomic E-state index is 9.74. The van der Waals surface area contributed by atoms with Gasteiger partial charge in [-0.15, -0.1) is 0 Å². The molecule has 0 saturated carbocycles. The Morgan fingerprint density at radius 1 is 0.372 bits per heavy atom. The molecular weight excluding hydrogens is 520 g/mol. The van der Waals surface area contributed by atoms with Gasteiger partial charge in [0.2, 0.25) is 0 Å². The summed E-state index contributed by atoms with van der Waals surface area (Å²) in [5.41, 5.74) is -1.11. The van der Waals surface area contributed by atoms with E-state index in [0.717, 1.165) is 0 Å². The van der Waals surface area contributed by atoms with Crippen molar-refractivity contribution >= 4 is 54.3 Å². The molecule has 0 atom stereocenters. The van der Waals surface area contributed by atoms with Crippen LogP contribution in [0.1, 0.15) is 26.0 Å². The smallest absolute Gasteiger partial charge is 0.135 e. The van der Waals surface area contributed by atoms with Crippen LogP contribution in [0, 0.1) is 0 Å². The maximum Gasteiger partial charge on any atom is 0.135 e. The fraction of sp³-hybridized carbons (Fsp3) is 0. The van der Waals surface area contributed by atoms with Crippen LogP contribution in [0.15, 0.2) is 162 Å². The Bertz CT molecular complexity index is 3460. The van der Waals surface area contributed by atoms with Gasteiger partial charge in [0, 0.05) is 10.8 Å². The highest BCUT2D eigenvalue weighted by Crippen LogP contribution is 2.46. The molecule has 8 aromatic carbocycles. The van der Waals surface area contributed by atoms with Crippen molar-refractivity contribution in [1.82, 2.24) is 0 Å². The lowest BCUT2D eigenvalue weighted by Gasteiger charge is -2.19. The van der Waals surface area contributed by atoms with Crippen molar-refractivity contribution in [3.8, 4) is 33.4 Å². The number of hydrogen-bond acceptors (Lipinski definition) is 1. The Morgan fingerprint density at radius 3 is 1.60 bits per heavy atom. The average molecular weight is 566 g/mol. The van der Waals surface area contributed by atoms with E-state index in [4.69, 9.17) is 19.5 Å². The molecule has 0 aliphatic rings. The van der Waals surface area contributed by atoms with Crippen LogP contribution in [0.4, 0.5) is 0 Å². The summed E-state index contributed by atoms with van der Waals surface area (Å²) in [5.74, 6) is 0. The van der Waals surface area contributed by atoms with Crippen molar-refractivity contribution in [2.24, 2.45) is 0 Å². The zero-order valence-electron chi connectivity index (χ0n) is 40.9. The Hall–Kier alpha value is -5.66. The van der Waals surface area contributed by atoms with Crippen LogP contribution in [-0.4, -0.2) is 0 Å². The molecule has 1 nitrogen and oxygen atoms in total. The Balaban J connectivity index is 1.61. The van der Waals surface area contributed by atoms with Crippen molar-refractivity contribution in [3.05, 3.63) is 157 Å². The molecule has 0 aliphatic carbocycles. The molecule has 0 radical (unpaired) electrons. The average Bonchev–Trinajstić information content (AvgIpc) is 3.64. The first-order valence-electron chi connectivity index (χ1n) is 22.7. The second kappa shape index (κ2) is 9.44. The van der Waals surface area contributed by atoms with Gasteiger partial charge in [-0.3, -0.25) is 0 Å². The number of furan rings is 1. The molecule has 0 amide bonds. The van der Waals surface area contributed by atoms with E-state index >= 15 is 0 Å². The fourth-order valence-electron chi connectivity index (χ4n) is 5.72. The van der Waals surface area contributed by atoms with Gasteiger partial charge in [-0.1, -0.05) is 139 Å². The molecule has 9 rings (SSSR count). The van der Waals surface area contributed by atoms with E-state index < -0.39 is 164 Å². The predicted molar refractivity (Wildman–Crippen MR) is 183 cm³/mol. The van der Waals surface area contributed by atoms with Crippen molar-refractivity contribution in [3.63, 3.8) is 0 Å². The van der Waals surface area contributed by atoms with Gasteiger partial charge in [0.25, 0.3) is 0 Å². The SMILES string of the molecule is [2H]c1c([2H])c([2H])c(-c2c3c([2H])c([2H])c([2H])c([2H])c3c(-c3c([2H])c([2H])c(-c4ccc5oc6ccccc6c5c4)c4c([2H])c([2H])c([2H])c([2H])c34)c3c([2H])c([2H])c([2H])c([2H])c23)c([2H])c1[2H]. The minimum Gasteiger partial charge on any atom is -0.456 e. The largest absolute Gasteiger partial charge is 0.456 e. The third-order valence-corrected chi connectivity index (χ3v) is 7.54. The van der Waals surface area contributed by atoms with Crippen LogP contribution >= 0.6 is 0 Å². The Labute approximate surface area is 275 Å². The van der Waals surface area contributed by atoms with Gasteiger partial charge in [0.05, 0.1) is 26.0 Å². The molecule has 0 fully saturated rings. The third kappa shape index (κ3) is 3.65. The van der Waals surface area contributed by atoms with E-state index in [1.807, 2.05) is 6.07 Å². The van der Waals surface area contributed by atoms with Crippen molar-refractivity contribution in [2.75, 3.05) is 0 Å². The summed E-state index contributed by atoms with van der Waals surface area (Å²) in [7, 11) is 0. The van der Waals surface area contributed by atoms with E-state index in [1.165, 1.54) is 0 Å². The number of rotatable bonds is 3. The van der Waals surface area contributed by atoms with Gasteiger partial charge < -0.3 is 4.42 Å². The topological polar surface area (TPSA) is 13.1 Å². The molecule has 0 aliphatic heterocycles. The van der Waals surface area contributed by atoms with Crippen LogP contribution in [0.2, 0.25) is 0 Å². The summed E-state index contributed by atoms with van der Waals surface area (Å²) in [6.07, 6.45) is 0.